The molecule has 0 saturated carbocycles. The van der Waals surface area contributed by atoms with Gasteiger partial charge in [-0.25, -0.2) is 0 Å². The van der Waals surface area contributed by atoms with Crippen LogP contribution in [0.4, 0.5) is 5.69 Å². The van der Waals surface area contributed by atoms with Crippen molar-refractivity contribution in [2.24, 2.45) is 0 Å². The Morgan fingerprint density at radius 2 is 2.38 bits per heavy atom. The summed E-state index contributed by atoms with van der Waals surface area (Å²) in [6.45, 7) is 2.20. The minimum absolute atomic E-state index is 0.624. The van der Waals surface area contributed by atoms with E-state index >= 15 is 0 Å². The fourth-order valence-corrected chi connectivity index (χ4v) is 2.70. The van der Waals surface area contributed by atoms with Crippen molar-refractivity contribution < 1.29 is 4.74 Å². The van der Waals surface area contributed by atoms with Crippen molar-refractivity contribution in [1.29, 1.82) is 0 Å². The molecule has 86 valence electrons. The summed E-state index contributed by atoms with van der Waals surface area (Å²) in [5, 5.41) is 3.55. The average Bonchev–Trinajstić information content (AvgIpc) is 2.40. The van der Waals surface area contributed by atoms with Crippen LogP contribution in [0.25, 0.3) is 0 Å². The second-order valence-electron chi connectivity index (χ2n) is 4.57. The highest BCUT2D eigenvalue weighted by Gasteiger charge is 2.33. The van der Waals surface area contributed by atoms with Crippen LogP contribution < -0.4 is 15.0 Å². The number of fused-ring (bicyclic) bond motifs is 3. The van der Waals surface area contributed by atoms with Gasteiger partial charge in [0.05, 0.1) is 25.2 Å². The lowest BCUT2D eigenvalue weighted by Gasteiger charge is -2.47. The van der Waals surface area contributed by atoms with Crippen LogP contribution in [-0.2, 0) is 0 Å². The van der Waals surface area contributed by atoms with Crippen molar-refractivity contribution in [2.45, 2.75) is 24.9 Å². The molecule has 4 heteroatoms. The molecule has 3 aliphatic rings. The number of aromatic nitrogens is 1. The van der Waals surface area contributed by atoms with Crippen LogP contribution in [0.5, 0.6) is 5.75 Å². The van der Waals surface area contributed by atoms with E-state index in [1.54, 1.807) is 13.3 Å². The highest BCUT2D eigenvalue weighted by molar-refractivity contribution is 5.50. The topological polar surface area (TPSA) is 37.4 Å². The van der Waals surface area contributed by atoms with Gasteiger partial charge in [0.2, 0.25) is 0 Å². The Morgan fingerprint density at radius 3 is 3.00 bits per heavy atom. The van der Waals surface area contributed by atoms with Crippen molar-refractivity contribution in [3.8, 4) is 5.75 Å². The molecule has 4 nitrogen and oxygen atoms in total. The quantitative estimate of drug-likeness (QED) is 0.806. The predicted octanol–water partition coefficient (Wildman–Crippen LogP) is 1.03. The van der Waals surface area contributed by atoms with Gasteiger partial charge in [-0.05, 0) is 12.8 Å². The Labute approximate surface area is 95.6 Å². The van der Waals surface area contributed by atoms with Crippen LogP contribution in [0.3, 0.4) is 0 Å². The molecule has 0 spiro atoms. The summed E-state index contributed by atoms with van der Waals surface area (Å²) < 4.78 is 5.22. The van der Waals surface area contributed by atoms with Crippen LogP contribution in [0.2, 0.25) is 0 Å². The Balaban J connectivity index is 1.86. The van der Waals surface area contributed by atoms with Crippen molar-refractivity contribution in [1.82, 2.24) is 10.3 Å². The molecule has 0 unspecified atom stereocenters. The fourth-order valence-electron chi connectivity index (χ4n) is 2.70. The Hall–Kier alpha value is -1.29. The second-order valence-corrected chi connectivity index (χ2v) is 4.57. The number of piperidine rings is 2. The van der Waals surface area contributed by atoms with Crippen molar-refractivity contribution in [3.63, 3.8) is 0 Å². The predicted molar refractivity (Wildman–Crippen MR) is 62.9 cm³/mol. The number of methoxy groups -OCH3 is 1. The SMILES string of the molecule is COc1cncc(N2C[C@H]3CC[C@@H]2CN3)c1. The third-order valence-electron chi connectivity index (χ3n) is 3.61. The monoisotopic (exact) mass is 219 g/mol. The number of rotatable bonds is 2. The molecular weight excluding hydrogens is 202 g/mol. The average molecular weight is 219 g/mol. The molecule has 2 atom stereocenters. The number of nitrogens with one attached hydrogen (secondary N) is 1. The minimum Gasteiger partial charge on any atom is -0.495 e. The van der Waals surface area contributed by atoms with E-state index < -0.39 is 0 Å². The number of piperazine rings is 1. The van der Waals surface area contributed by atoms with E-state index in [4.69, 9.17) is 4.74 Å². The smallest absolute Gasteiger partial charge is 0.139 e. The molecular formula is C12H17N3O. The van der Waals surface area contributed by atoms with E-state index in [1.807, 2.05) is 6.20 Å². The molecule has 2 bridgehead atoms. The number of pyridine rings is 1. The van der Waals surface area contributed by atoms with Crippen LogP contribution in [-0.4, -0.2) is 37.3 Å². The lowest BCUT2D eigenvalue weighted by atomic mass is 9.93. The summed E-state index contributed by atoms with van der Waals surface area (Å²) in [6, 6.07) is 3.35. The fraction of sp³-hybridized carbons (Fsp3) is 0.583. The molecule has 3 aliphatic heterocycles. The number of anilines is 1. The molecule has 3 fully saturated rings. The summed E-state index contributed by atoms with van der Waals surface area (Å²) in [6.07, 6.45) is 6.28. The molecule has 0 aromatic carbocycles. The number of hydrogen-bond acceptors (Lipinski definition) is 4. The third-order valence-corrected chi connectivity index (χ3v) is 3.61. The minimum atomic E-state index is 0.624. The summed E-state index contributed by atoms with van der Waals surface area (Å²) in [7, 11) is 1.69. The highest BCUT2D eigenvalue weighted by Crippen LogP contribution is 2.29. The van der Waals surface area contributed by atoms with Crippen molar-refractivity contribution in [3.05, 3.63) is 18.5 Å². The van der Waals surface area contributed by atoms with E-state index in [1.165, 1.54) is 18.5 Å². The van der Waals surface area contributed by atoms with Crippen LogP contribution in [0.15, 0.2) is 18.5 Å². The number of nitrogens with zero attached hydrogens (tertiary/aromatic N) is 2. The number of ether oxygens (including phenoxy) is 1. The number of hydrogen-bond donors (Lipinski definition) is 1. The maximum absolute atomic E-state index is 5.22. The zero-order valence-corrected chi connectivity index (χ0v) is 9.52. The maximum Gasteiger partial charge on any atom is 0.139 e. The van der Waals surface area contributed by atoms with Gasteiger partial charge in [0.1, 0.15) is 5.75 Å². The Kier molecular flexibility index (Phi) is 2.44. The maximum atomic E-state index is 5.22. The Morgan fingerprint density at radius 1 is 1.44 bits per heavy atom. The lowest BCUT2D eigenvalue weighted by molar-refractivity contribution is 0.290. The summed E-state index contributed by atoms with van der Waals surface area (Å²) in [5.41, 5.74) is 1.19. The summed E-state index contributed by atoms with van der Waals surface area (Å²) in [5.74, 6) is 0.840. The second kappa shape index (κ2) is 3.94. The van der Waals surface area contributed by atoms with E-state index in [2.05, 4.69) is 21.3 Å². The zero-order valence-electron chi connectivity index (χ0n) is 9.52. The van der Waals surface area contributed by atoms with Gasteiger partial charge in [0.15, 0.2) is 0 Å². The Bertz CT molecular complexity index is 374. The van der Waals surface area contributed by atoms with Gasteiger partial charge in [-0.2, -0.15) is 0 Å². The van der Waals surface area contributed by atoms with Gasteiger partial charge in [-0.3, -0.25) is 4.98 Å². The molecule has 0 radical (unpaired) electrons. The largest absolute Gasteiger partial charge is 0.495 e. The van der Waals surface area contributed by atoms with Gasteiger partial charge in [-0.1, -0.05) is 0 Å². The van der Waals surface area contributed by atoms with Gasteiger partial charge < -0.3 is 15.0 Å². The normalized spacial score (nSPS) is 28.2. The molecule has 1 aromatic rings. The molecule has 0 aliphatic carbocycles. The van der Waals surface area contributed by atoms with Crippen molar-refractivity contribution in [2.75, 3.05) is 25.1 Å². The van der Waals surface area contributed by atoms with Gasteiger partial charge in [-0.15, -0.1) is 0 Å². The first-order valence-electron chi connectivity index (χ1n) is 5.86. The highest BCUT2D eigenvalue weighted by atomic mass is 16.5. The van der Waals surface area contributed by atoms with Gasteiger partial charge >= 0.3 is 0 Å². The third kappa shape index (κ3) is 1.63. The molecule has 3 saturated heterocycles. The standard InChI is InChI=1S/C12H17N3O/c1-16-12-4-11(5-13-7-12)15-8-9-2-3-10(15)6-14-9/h4-5,7,9-10,14H,2-3,6,8H2,1H3/t9-,10-/m1/s1. The molecule has 4 rings (SSSR count). The summed E-state index contributed by atoms with van der Waals surface area (Å²) in [4.78, 5) is 6.69. The van der Waals surface area contributed by atoms with Gasteiger partial charge in [0.25, 0.3) is 0 Å². The molecule has 4 heterocycles. The molecule has 1 aromatic heterocycles. The van der Waals surface area contributed by atoms with Crippen LogP contribution in [0.1, 0.15) is 12.8 Å². The van der Waals surface area contributed by atoms with Crippen LogP contribution >= 0.6 is 0 Å². The van der Waals surface area contributed by atoms with E-state index in [9.17, 15) is 0 Å². The lowest BCUT2D eigenvalue weighted by Crippen LogP contribution is -2.61. The first kappa shape index (κ1) is 9.90. The van der Waals surface area contributed by atoms with E-state index in [0.29, 0.717) is 12.1 Å². The first-order valence-corrected chi connectivity index (χ1v) is 5.86. The first-order chi connectivity index (χ1) is 7.86. The zero-order chi connectivity index (χ0) is 11.0. The van der Waals surface area contributed by atoms with Gasteiger partial charge in [0, 0.05) is 31.2 Å². The molecule has 16 heavy (non-hydrogen) atoms. The van der Waals surface area contributed by atoms with Crippen LogP contribution in [0, 0.1) is 0 Å². The van der Waals surface area contributed by atoms with E-state index in [0.717, 1.165) is 18.8 Å². The van der Waals surface area contributed by atoms with Crippen molar-refractivity contribution >= 4 is 5.69 Å². The molecule has 0 amide bonds. The van der Waals surface area contributed by atoms with E-state index in [-0.39, 0.29) is 0 Å². The summed E-state index contributed by atoms with van der Waals surface area (Å²) >= 11 is 0. The molecule has 1 N–H and O–H groups in total.